The molecule has 7 rings (SSSR count). The molecule has 2 aliphatic rings. The van der Waals surface area contributed by atoms with Gasteiger partial charge in [-0.3, -0.25) is 19.1 Å². The average Bonchev–Trinajstić information content (AvgIpc) is 4.05. The van der Waals surface area contributed by atoms with Gasteiger partial charge in [-0.1, -0.05) is 62.6 Å². The minimum atomic E-state index is -0.696. The van der Waals surface area contributed by atoms with Gasteiger partial charge >= 0.3 is 5.97 Å². The van der Waals surface area contributed by atoms with Crippen LogP contribution in [0.3, 0.4) is 0 Å². The van der Waals surface area contributed by atoms with Crippen molar-refractivity contribution in [2.75, 3.05) is 43.4 Å². The zero-order chi connectivity index (χ0) is 40.5. The third-order valence-corrected chi connectivity index (χ3v) is 11.1. The number of unbranched alkanes of at least 4 members (excludes halogenated alkanes) is 4. The number of nitrogen functional groups attached to an aromatic ring is 1. The Morgan fingerprint density at radius 2 is 1.61 bits per heavy atom. The van der Waals surface area contributed by atoms with E-state index in [-0.39, 0.29) is 35.0 Å². The number of pyridine rings is 1. The summed E-state index contributed by atoms with van der Waals surface area (Å²) < 4.78 is 24.7. The second-order valence-electron chi connectivity index (χ2n) is 15.3. The van der Waals surface area contributed by atoms with Crippen molar-refractivity contribution >= 4 is 34.1 Å². The molecule has 57 heavy (non-hydrogen) atoms. The lowest BCUT2D eigenvalue weighted by atomic mass is 10.1. The number of nitrogens with two attached hydrogens (primary N) is 1. The third-order valence-electron chi connectivity index (χ3n) is 11.1. The molecule has 1 saturated heterocycles. The number of aromatic nitrogens is 3. The number of nitrogens with zero attached hydrogens (tertiary/aromatic N) is 5. The van der Waals surface area contributed by atoms with Crippen molar-refractivity contribution in [1.82, 2.24) is 19.0 Å². The molecule has 0 bridgehead atoms. The second-order valence-corrected chi connectivity index (χ2v) is 15.3. The van der Waals surface area contributed by atoms with Crippen molar-refractivity contribution in [3.05, 3.63) is 127 Å². The minimum absolute atomic E-state index is 0.0620. The molecule has 5 N–H and O–H groups in total. The molecule has 0 unspecified atom stereocenters. The van der Waals surface area contributed by atoms with E-state index in [0.717, 1.165) is 82.3 Å². The normalized spacial score (nSPS) is 14.4. The molecule has 3 aromatic carbocycles. The summed E-state index contributed by atoms with van der Waals surface area (Å²) in [5.74, 6) is -0.229. The molecule has 1 aliphatic heterocycles. The first-order valence-electron chi connectivity index (χ1n) is 20.3. The third kappa shape index (κ3) is 10.7. The highest BCUT2D eigenvalue weighted by Crippen LogP contribution is 2.38. The molecule has 2 aromatic heterocycles. The molecular formula is C45H57FN7O4+. The number of piperazine rings is 1. The molecule has 302 valence electrons. The lowest BCUT2D eigenvalue weighted by molar-refractivity contribution is -0.254. The van der Waals surface area contributed by atoms with Crippen LogP contribution in [0.1, 0.15) is 90.8 Å². The van der Waals surface area contributed by atoms with Crippen molar-refractivity contribution in [2.45, 2.75) is 91.3 Å². The number of rotatable bonds is 14. The van der Waals surface area contributed by atoms with E-state index in [0.29, 0.717) is 36.7 Å². The van der Waals surface area contributed by atoms with E-state index in [9.17, 15) is 14.4 Å². The number of quaternary nitrogens is 1. The fourth-order valence-corrected chi connectivity index (χ4v) is 7.57. The maximum absolute atomic E-state index is 15.6. The molecule has 5 aromatic rings. The fourth-order valence-electron chi connectivity index (χ4n) is 7.57. The molecule has 1 aliphatic carbocycles. The summed E-state index contributed by atoms with van der Waals surface area (Å²) in [5.41, 5.74) is 14.7. The molecule has 0 amide bonds. The summed E-state index contributed by atoms with van der Waals surface area (Å²) in [4.78, 5) is 47.2. The molecule has 0 spiro atoms. The Hall–Kier alpha value is -5.33. The average molecular weight is 779 g/mol. The van der Waals surface area contributed by atoms with Gasteiger partial charge in [0.25, 0.3) is 5.56 Å². The van der Waals surface area contributed by atoms with Gasteiger partial charge in [-0.25, -0.2) is 14.2 Å². The van der Waals surface area contributed by atoms with Gasteiger partial charge in [0, 0.05) is 62.5 Å². The van der Waals surface area contributed by atoms with E-state index in [1.54, 1.807) is 16.8 Å². The first-order chi connectivity index (χ1) is 27.5. The lowest BCUT2D eigenvalue weighted by Gasteiger charge is -2.36. The standard InChI is InChI=1S/C36H43FN6O4.C9H13N/c1-25-39-33(38)22-34(44)42(25)15-9-4-2-3-8-14-40-16-18-41(19-17-40)32-21-31-28(20-30(32)37)35(45)29(23-43(31)27-12-13-27)36(46)47-24-26-10-6-5-7-11-26;1-3-8-6-9(10)5-4-7(8)2/h5-7,10-11,20-23,27H,2-4,8-9,12-19,24,38H2,1H3;4-6H,3,10H2,1-2H3/p+1. The van der Waals surface area contributed by atoms with E-state index in [4.69, 9.17) is 10.5 Å². The molecule has 0 atom stereocenters. The Morgan fingerprint density at radius 1 is 0.912 bits per heavy atom. The van der Waals surface area contributed by atoms with Crippen molar-refractivity contribution < 1.29 is 19.7 Å². The SMILES string of the molecule is CCc1cc([NH3+])ccc1C.Cc1nc(N)cc(=O)n1CCCCCCCN1CCN(c2cc3c(cc2F)c(=O)c(C(=O)OCc2ccccc2)cn3C2CC2)CC1. The van der Waals surface area contributed by atoms with Crippen LogP contribution >= 0.6 is 0 Å². The van der Waals surface area contributed by atoms with Crippen LogP contribution in [0, 0.1) is 19.7 Å². The first-order valence-corrected chi connectivity index (χ1v) is 20.3. The largest absolute Gasteiger partial charge is 0.457 e. The Labute approximate surface area is 334 Å². The fraction of sp³-hybridized carbons (Fsp3) is 0.422. The van der Waals surface area contributed by atoms with E-state index in [1.165, 1.54) is 23.3 Å². The van der Waals surface area contributed by atoms with Crippen LogP contribution in [0.5, 0.6) is 0 Å². The maximum atomic E-state index is 15.6. The van der Waals surface area contributed by atoms with Gasteiger partial charge in [0.1, 0.15) is 35.3 Å². The number of hydrogen-bond donors (Lipinski definition) is 2. The number of aryl methyl sites for hydroxylation is 3. The number of hydrogen-bond acceptors (Lipinski definition) is 8. The van der Waals surface area contributed by atoms with Gasteiger partial charge in [0.15, 0.2) is 0 Å². The van der Waals surface area contributed by atoms with Crippen LogP contribution in [0.4, 0.5) is 21.6 Å². The highest BCUT2D eigenvalue weighted by Gasteiger charge is 2.29. The van der Waals surface area contributed by atoms with Crippen molar-refractivity contribution in [2.24, 2.45) is 0 Å². The molecule has 11 nitrogen and oxygen atoms in total. The summed E-state index contributed by atoms with van der Waals surface area (Å²) in [6, 6.07) is 20.3. The Morgan fingerprint density at radius 3 is 2.28 bits per heavy atom. The van der Waals surface area contributed by atoms with Crippen LogP contribution < -0.4 is 27.4 Å². The molecule has 12 heteroatoms. The number of esters is 1. The monoisotopic (exact) mass is 778 g/mol. The zero-order valence-corrected chi connectivity index (χ0v) is 33.6. The van der Waals surface area contributed by atoms with Crippen LogP contribution in [0.2, 0.25) is 0 Å². The van der Waals surface area contributed by atoms with Crippen molar-refractivity contribution in [1.29, 1.82) is 0 Å². The number of fused-ring (bicyclic) bond motifs is 1. The van der Waals surface area contributed by atoms with Crippen molar-refractivity contribution in [3.63, 3.8) is 0 Å². The van der Waals surface area contributed by atoms with Gasteiger partial charge < -0.3 is 25.7 Å². The van der Waals surface area contributed by atoms with E-state index >= 15 is 4.39 Å². The number of carbonyl (C=O) groups is 1. The first kappa shape index (κ1) is 41.3. The van der Waals surface area contributed by atoms with Gasteiger partial charge in [-0.2, -0.15) is 0 Å². The van der Waals surface area contributed by atoms with E-state index in [2.05, 4.69) is 52.6 Å². The number of benzene rings is 3. The van der Waals surface area contributed by atoms with Crippen molar-refractivity contribution in [3.8, 4) is 0 Å². The van der Waals surface area contributed by atoms with Crippen LogP contribution in [0.25, 0.3) is 10.9 Å². The summed E-state index contributed by atoms with van der Waals surface area (Å²) in [5, 5.41) is 0.207. The highest BCUT2D eigenvalue weighted by molar-refractivity contribution is 5.94. The number of anilines is 2. The summed E-state index contributed by atoms with van der Waals surface area (Å²) in [7, 11) is 0. The molecule has 1 saturated carbocycles. The van der Waals surface area contributed by atoms with Crippen LogP contribution in [0.15, 0.2) is 82.5 Å². The molecule has 2 fully saturated rings. The Bertz CT molecular complexity index is 2280. The van der Waals surface area contributed by atoms with Gasteiger partial charge in [0.2, 0.25) is 5.43 Å². The number of carbonyl (C=O) groups excluding carboxylic acids is 1. The molecule has 3 heterocycles. The van der Waals surface area contributed by atoms with E-state index < -0.39 is 17.2 Å². The highest BCUT2D eigenvalue weighted by atomic mass is 19.1. The van der Waals surface area contributed by atoms with Gasteiger partial charge in [0.05, 0.1) is 11.2 Å². The predicted octanol–water partition coefficient (Wildman–Crippen LogP) is 6.48. The predicted molar refractivity (Wildman–Crippen MR) is 224 cm³/mol. The summed E-state index contributed by atoms with van der Waals surface area (Å²) >= 11 is 0. The number of ether oxygens (including phenoxy) is 1. The zero-order valence-electron chi connectivity index (χ0n) is 33.6. The Kier molecular flexibility index (Phi) is 13.9. The van der Waals surface area contributed by atoms with E-state index in [1.807, 2.05) is 41.8 Å². The van der Waals surface area contributed by atoms with Crippen LogP contribution in [-0.4, -0.2) is 57.7 Å². The Balaban J connectivity index is 0.000000479. The quantitative estimate of drug-likeness (QED) is 0.0964. The van der Waals surface area contributed by atoms with Gasteiger partial charge in [-0.05, 0) is 87.4 Å². The second kappa shape index (κ2) is 19.2. The number of halogens is 1. The van der Waals surface area contributed by atoms with Crippen LogP contribution in [-0.2, 0) is 24.3 Å². The lowest BCUT2D eigenvalue weighted by Crippen LogP contribution is -2.47. The summed E-state index contributed by atoms with van der Waals surface area (Å²) in [6.07, 6.45) is 9.89. The molecule has 0 radical (unpaired) electrons. The topological polar surface area (TPSA) is 143 Å². The smallest absolute Gasteiger partial charge is 0.343 e. The molecular weight excluding hydrogens is 722 g/mol. The van der Waals surface area contributed by atoms with Gasteiger partial charge in [-0.15, -0.1) is 0 Å². The maximum Gasteiger partial charge on any atom is 0.343 e. The summed E-state index contributed by atoms with van der Waals surface area (Å²) in [6.45, 7) is 10.9. The minimum Gasteiger partial charge on any atom is -0.457 e.